The first-order chi connectivity index (χ1) is 18.9. The Balaban J connectivity index is 2.00. The molecule has 0 aliphatic rings. The smallest absolute Gasteiger partial charge is 0.316 e. The predicted molar refractivity (Wildman–Crippen MR) is 155 cm³/mol. The molecular weight excluding hydrogens is 526 g/mol. The van der Waals surface area contributed by atoms with E-state index in [4.69, 9.17) is 9.47 Å². The molecular formula is C31H43N3O7. The Kier molecular flexibility index (Phi) is 11.2. The van der Waals surface area contributed by atoms with Gasteiger partial charge in [0.15, 0.2) is 11.5 Å². The molecule has 0 radical (unpaired) electrons. The van der Waals surface area contributed by atoms with Crippen molar-refractivity contribution in [1.82, 2.24) is 16.0 Å². The Morgan fingerprint density at radius 2 is 1.34 bits per heavy atom. The summed E-state index contributed by atoms with van der Waals surface area (Å²) in [6.45, 7) is 14.1. The highest BCUT2D eigenvalue weighted by Gasteiger charge is 2.29. The van der Waals surface area contributed by atoms with E-state index in [0.29, 0.717) is 11.1 Å². The largest absolute Gasteiger partial charge is 0.422 e. The molecule has 4 N–H and O–H groups in total. The van der Waals surface area contributed by atoms with Crippen molar-refractivity contribution in [3.63, 3.8) is 0 Å². The standard InChI is InChI=1S/C31H43N3O7/c1-29(2,3)27(38)40-23-15-14-21(16-24(23)41-28(39)30(4,5)6)22(35)17-34-31(7,8)19-33-25(36)18-32-26(37)20-12-10-9-11-13-20/h9-16,22,34-35H,17-19H2,1-8H3,(H,32,37)(H,33,36). The van der Waals surface area contributed by atoms with Gasteiger partial charge in [0.05, 0.1) is 23.5 Å². The van der Waals surface area contributed by atoms with E-state index in [1.807, 2.05) is 13.8 Å². The fourth-order valence-corrected chi connectivity index (χ4v) is 3.19. The van der Waals surface area contributed by atoms with Gasteiger partial charge in [-0.15, -0.1) is 0 Å². The molecule has 2 amide bonds. The number of aliphatic hydroxyl groups excluding tert-OH is 1. The minimum atomic E-state index is -1.01. The van der Waals surface area contributed by atoms with E-state index < -0.39 is 34.4 Å². The van der Waals surface area contributed by atoms with Crippen LogP contribution in [0.5, 0.6) is 11.5 Å². The molecule has 224 valence electrons. The lowest BCUT2D eigenvalue weighted by Gasteiger charge is -2.28. The molecule has 0 saturated carbocycles. The average Bonchev–Trinajstić information content (AvgIpc) is 2.89. The summed E-state index contributed by atoms with van der Waals surface area (Å²) in [5.74, 6) is -1.60. The van der Waals surface area contributed by atoms with Crippen LogP contribution in [0, 0.1) is 10.8 Å². The molecule has 0 saturated heterocycles. The highest BCUT2D eigenvalue weighted by atomic mass is 16.6. The number of β-amino-alcohol motifs (C(OH)–C–C–N with tert-alkyl or cyclic N) is 1. The first kappa shape index (κ1) is 33.4. The number of ether oxygens (including phenoxy) is 2. The van der Waals surface area contributed by atoms with Gasteiger partial charge in [-0.2, -0.15) is 0 Å². The number of esters is 2. The summed E-state index contributed by atoms with van der Waals surface area (Å²) < 4.78 is 11.1. The van der Waals surface area contributed by atoms with E-state index in [1.54, 1.807) is 77.9 Å². The van der Waals surface area contributed by atoms with Crippen molar-refractivity contribution in [2.75, 3.05) is 19.6 Å². The Labute approximate surface area is 242 Å². The van der Waals surface area contributed by atoms with Gasteiger partial charge in [-0.3, -0.25) is 19.2 Å². The molecule has 0 spiro atoms. The summed E-state index contributed by atoms with van der Waals surface area (Å²) in [5.41, 5.74) is -1.28. The number of carbonyl (C=O) groups is 4. The van der Waals surface area contributed by atoms with E-state index in [1.165, 1.54) is 12.1 Å². The molecule has 41 heavy (non-hydrogen) atoms. The average molecular weight is 570 g/mol. The van der Waals surface area contributed by atoms with Crippen LogP contribution in [0.15, 0.2) is 48.5 Å². The number of hydrogen-bond donors (Lipinski definition) is 4. The first-order valence-corrected chi connectivity index (χ1v) is 13.5. The number of carbonyl (C=O) groups excluding carboxylic acids is 4. The normalized spacial score (nSPS) is 12.7. The van der Waals surface area contributed by atoms with Crippen LogP contribution in [0.2, 0.25) is 0 Å². The Morgan fingerprint density at radius 3 is 1.90 bits per heavy atom. The monoisotopic (exact) mass is 569 g/mol. The lowest BCUT2D eigenvalue weighted by Crippen LogP contribution is -2.51. The van der Waals surface area contributed by atoms with Crippen molar-refractivity contribution in [2.45, 2.75) is 67.0 Å². The molecule has 1 unspecified atom stereocenters. The van der Waals surface area contributed by atoms with Gasteiger partial charge >= 0.3 is 11.9 Å². The lowest BCUT2D eigenvalue weighted by atomic mass is 9.97. The minimum Gasteiger partial charge on any atom is -0.422 e. The topological polar surface area (TPSA) is 143 Å². The van der Waals surface area contributed by atoms with E-state index in [2.05, 4.69) is 16.0 Å². The van der Waals surface area contributed by atoms with Crippen molar-refractivity contribution in [1.29, 1.82) is 0 Å². The van der Waals surface area contributed by atoms with Gasteiger partial charge in [-0.05, 0) is 85.2 Å². The molecule has 10 heteroatoms. The Bertz CT molecular complexity index is 1230. The third-order valence-corrected chi connectivity index (χ3v) is 5.93. The lowest BCUT2D eigenvalue weighted by molar-refractivity contribution is -0.145. The number of amides is 2. The third kappa shape index (κ3) is 11.0. The Hall–Kier alpha value is -3.76. The van der Waals surface area contributed by atoms with Gasteiger partial charge in [-0.25, -0.2) is 0 Å². The zero-order valence-corrected chi connectivity index (χ0v) is 25.2. The van der Waals surface area contributed by atoms with Crippen molar-refractivity contribution in [3.8, 4) is 11.5 Å². The SMILES string of the molecule is CC(C)(CNC(=O)CNC(=O)c1ccccc1)NCC(O)c1ccc(OC(=O)C(C)(C)C)c(OC(=O)C(C)(C)C)c1. The third-order valence-electron chi connectivity index (χ3n) is 5.93. The van der Waals surface area contributed by atoms with Crippen LogP contribution >= 0.6 is 0 Å². The number of aliphatic hydroxyl groups is 1. The van der Waals surface area contributed by atoms with Gasteiger partial charge in [-0.1, -0.05) is 24.3 Å². The molecule has 0 heterocycles. The molecule has 1 atom stereocenters. The highest BCUT2D eigenvalue weighted by Crippen LogP contribution is 2.34. The van der Waals surface area contributed by atoms with Crippen LogP contribution in [0.3, 0.4) is 0 Å². The zero-order chi connectivity index (χ0) is 31.0. The number of benzene rings is 2. The fraction of sp³-hybridized carbons (Fsp3) is 0.484. The summed E-state index contributed by atoms with van der Waals surface area (Å²) >= 11 is 0. The van der Waals surface area contributed by atoms with Gasteiger partial charge in [0.1, 0.15) is 0 Å². The second-order valence-corrected chi connectivity index (χ2v) is 12.6. The summed E-state index contributed by atoms with van der Waals surface area (Å²) in [6.07, 6.45) is -1.01. The second-order valence-electron chi connectivity index (χ2n) is 12.6. The number of hydrogen-bond acceptors (Lipinski definition) is 8. The molecule has 2 rings (SSSR count). The predicted octanol–water partition coefficient (Wildman–Crippen LogP) is 3.54. The van der Waals surface area contributed by atoms with E-state index in [9.17, 15) is 24.3 Å². The molecule has 0 bridgehead atoms. The van der Waals surface area contributed by atoms with E-state index >= 15 is 0 Å². The minimum absolute atomic E-state index is 0.0307. The number of nitrogens with one attached hydrogen (secondary N) is 3. The van der Waals surface area contributed by atoms with Gasteiger partial charge in [0, 0.05) is 24.2 Å². The second kappa shape index (κ2) is 13.7. The van der Waals surface area contributed by atoms with Crippen LogP contribution in [-0.4, -0.2) is 54.0 Å². The van der Waals surface area contributed by atoms with Crippen molar-refractivity contribution >= 4 is 23.8 Å². The van der Waals surface area contributed by atoms with Crippen molar-refractivity contribution in [2.24, 2.45) is 10.8 Å². The first-order valence-electron chi connectivity index (χ1n) is 13.5. The summed E-state index contributed by atoms with van der Waals surface area (Å²) in [5, 5.41) is 19.5. The maximum Gasteiger partial charge on any atom is 0.316 e. The quantitative estimate of drug-likeness (QED) is 0.238. The summed E-state index contributed by atoms with van der Waals surface area (Å²) in [7, 11) is 0. The number of rotatable bonds is 11. The van der Waals surface area contributed by atoms with Gasteiger partial charge < -0.3 is 30.5 Å². The van der Waals surface area contributed by atoms with Crippen LogP contribution < -0.4 is 25.4 Å². The van der Waals surface area contributed by atoms with E-state index in [-0.39, 0.29) is 42.9 Å². The van der Waals surface area contributed by atoms with E-state index in [0.717, 1.165) is 0 Å². The van der Waals surface area contributed by atoms with Crippen molar-refractivity contribution in [3.05, 3.63) is 59.7 Å². The maximum atomic E-state index is 12.6. The molecule has 10 nitrogen and oxygen atoms in total. The molecule has 2 aromatic carbocycles. The summed E-state index contributed by atoms with van der Waals surface area (Å²) in [6, 6.07) is 13.2. The van der Waals surface area contributed by atoms with Crippen LogP contribution in [0.1, 0.15) is 77.4 Å². The molecule has 0 aromatic heterocycles. The van der Waals surface area contributed by atoms with Crippen LogP contribution in [0.4, 0.5) is 0 Å². The van der Waals surface area contributed by atoms with Crippen molar-refractivity contribution < 1.29 is 33.8 Å². The highest BCUT2D eigenvalue weighted by molar-refractivity contribution is 5.96. The molecule has 0 aliphatic carbocycles. The molecule has 0 fully saturated rings. The van der Waals surface area contributed by atoms with Crippen LogP contribution in [-0.2, 0) is 14.4 Å². The maximum absolute atomic E-state index is 12.6. The summed E-state index contributed by atoms with van der Waals surface area (Å²) in [4.78, 5) is 49.5. The van der Waals surface area contributed by atoms with Gasteiger partial charge in [0.25, 0.3) is 5.91 Å². The van der Waals surface area contributed by atoms with Gasteiger partial charge in [0.2, 0.25) is 5.91 Å². The fourth-order valence-electron chi connectivity index (χ4n) is 3.19. The zero-order valence-electron chi connectivity index (χ0n) is 25.2. The van der Waals surface area contributed by atoms with Crippen LogP contribution in [0.25, 0.3) is 0 Å². The Morgan fingerprint density at radius 1 is 0.780 bits per heavy atom. The molecule has 0 aliphatic heterocycles. The molecule has 2 aromatic rings.